The fourth-order valence-corrected chi connectivity index (χ4v) is 0.448. The summed E-state index contributed by atoms with van der Waals surface area (Å²) in [5.74, 6) is 0. The van der Waals surface area contributed by atoms with Crippen molar-refractivity contribution < 1.29 is 9.59 Å². The largest absolute Gasteiger partial charge is 0.339 e. The van der Waals surface area contributed by atoms with Crippen LogP contribution >= 0.6 is 0 Å². The molecular formula is C5H10N2O2. The third-order valence-electron chi connectivity index (χ3n) is 0.947. The van der Waals surface area contributed by atoms with Gasteiger partial charge in [0.15, 0.2) is 0 Å². The van der Waals surface area contributed by atoms with Crippen LogP contribution in [0.4, 0.5) is 0 Å². The third kappa shape index (κ3) is 3.52. The average Bonchev–Trinajstić information content (AvgIpc) is 1.88. The van der Waals surface area contributed by atoms with Crippen molar-refractivity contribution in [3.63, 3.8) is 0 Å². The van der Waals surface area contributed by atoms with Crippen LogP contribution in [0.2, 0.25) is 0 Å². The molecule has 0 saturated carbocycles. The third-order valence-corrected chi connectivity index (χ3v) is 0.947. The minimum Gasteiger partial charge on any atom is -0.339 e. The molecule has 0 fully saturated rings. The molecule has 52 valence electrons. The molecule has 0 aromatic heterocycles. The van der Waals surface area contributed by atoms with Gasteiger partial charge in [0.2, 0.25) is 12.8 Å². The number of carbonyl (C=O) groups is 2. The van der Waals surface area contributed by atoms with Gasteiger partial charge in [0.05, 0.1) is 0 Å². The van der Waals surface area contributed by atoms with Crippen LogP contribution in [0.1, 0.15) is 13.3 Å². The fourth-order valence-electron chi connectivity index (χ4n) is 0.448. The maximum atomic E-state index is 9.78. The summed E-state index contributed by atoms with van der Waals surface area (Å²) in [4.78, 5) is 19.6. The Hall–Kier alpha value is -1.06. The van der Waals surface area contributed by atoms with Gasteiger partial charge in [0.25, 0.3) is 0 Å². The van der Waals surface area contributed by atoms with Crippen molar-refractivity contribution >= 4 is 12.8 Å². The molecule has 2 N–H and O–H groups in total. The molecule has 4 nitrogen and oxygen atoms in total. The van der Waals surface area contributed by atoms with Crippen LogP contribution in [0.3, 0.4) is 0 Å². The van der Waals surface area contributed by atoms with Gasteiger partial charge in [-0.1, -0.05) is 6.92 Å². The molecular weight excluding hydrogens is 120 g/mol. The number of hydrogen-bond acceptors (Lipinski definition) is 2. The van der Waals surface area contributed by atoms with Crippen LogP contribution in [0.15, 0.2) is 0 Å². The Morgan fingerprint density at radius 2 is 1.78 bits per heavy atom. The van der Waals surface area contributed by atoms with E-state index in [4.69, 9.17) is 0 Å². The Kier molecular flexibility index (Phi) is 4.49. The first kappa shape index (κ1) is 7.94. The molecule has 0 aromatic rings. The molecule has 0 atom stereocenters. The zero-order valence-electron chi connectivity index (χ0n) is 5.26. The van der Waals surface area contributed by atoms with E-state index in [1.807, 2.05) is 6.92 Å². The van der Waals surface area contributed by atoms with Gasteiger partial charge in [-0.05, 0) is 6.42 Å². The minimum absolute atomic E-state index is 0.222. The fraction of sp³-hybridized carbons (Fsp3) is 0.600. The van der Waals surface area contributed by atoms with E-state index in [0.29, 0.717) is 19.2 Å². The van der Waals surface area contributed by atoms with E-state index in [-0.39, 0.29) is 6.17 Å². The zero-order valence-corrected chi connectivity index (χ0v) is 5.26. The van der Waals surface area contributed by atoms with E-state index in [1.165, 1.54) is 0 Å². The van der Waals surface area contributed by atoms with Crippen LogP contribution in [-0.4, -0.2) is 19.0 Å². The molecule has 9 heavy (non-hydrogen) atoms. The number of hydrogen-bond donors (Lipinski definition) is 2. The van der Waals surface area contributed by atoms with Gasteiger partial charge in [-0.3, -0.25) is 9.59 Å². The summed E-state index contributed by atoms with van der Waals surface area (Å²) in [7, 11) is 0. The van der Waals surface area contributed by atoms with Crippen molar-refractivity contribution in [2.45, 2.75) is 19.5 Å². The number of rotatable bonds is 5. The summed E-state index contributed by atoms with van der Waals surface area (Å²) >= 11 is 0. The molecule has 0 saturated heterocycles. The Morgan fingerprint density at radius 3 is 2.00 bits per heavy atom. The van der Waals surface area contributed by atoms with Crippen LogP contribution < -0.4 is 10.6 Å². The minimum atomic E-state index is -0.222. The van der Waals surface area contributed by atoms with Crippen LogP contribution in [0.5, 0.6) is 0 Å². The van der Waals surface area contributed by atoms with Crippen molar-refractivity contribution in [1.29, 1.82) is 0 Å². The van der Waals surface area contributed by atoms with Crippen molar-refractivity contribution in [2.24, 2.45) is 0 Å². The number of amides is 2. The Morgan fingerprint density at radius 1 is 1.33 bits per heavy atom. The second-order valence-electron chi connectivity index (χ2n) is 1.53. The number of carbonyl (C=O) groups excluding carboxylic acids is 2. The van der Waals surface area contributed by atoms with E-state index in [0.717, 1.165) is 0 Å². The highest BCUT2D eigenvalue weighted by Crippen LogP contribution is 1.79. The zero-order chi connectivity index (χ0) is 7.11. The average molecular weight is 130 g/mol. The first-order valence-electron chi connectivity index (χ1n) is 2.74. The first-order chi connectivity index (χ1) is 4.35. The smallest absolute Gasteiger partial charge is 0.208 e. The van der Waals surface area contributed by atoms with Gasteiger partial charge in [-0.15, -0.1) is 0 Å². The second-order valence-corrected chi connectivity index (χ2v) is 1.53. The lowest BCUT2D eigenvalue weighted by Gasteiger charge is -2.10. The monoisotopic (exact) mass is 130 g/mol. The molecule has 0 spiro atoms. The van der Waals surface area contributed by atoms with E-state index in [2.05, 4.69) is 10.6 Å². The SMILES string of the molecule is CCC(NC=O)NC=O. The van der Waals surface area contributed by atoms with Gasteiger partial charge in [-0.25, -0.2) is 0 Å². The van der Waals surface area contributed by atoms with Crippen molar-refractivity contribution in [1.82, 2.24) is 10.6 Å². The standard InChI is InChI=1S/C5H10N2O2/c1-2-5(6-3-8)7-4-9/h3-5H,2H2,1H3,(H,6,8)(H,7,9). The lowest BCUT2D eigenvalue weighted by atomic mass is 10.4. The molecule has 0 aliphatic rings. The lowest BCUT2D eigenvalue weighted by molar-refractivity contribution is -0.112. The van der Waals surface area contributed by atoms with Crippen molar-refractivity contribution in [2.75, 3.05) is 0 Å². The van der Waals surface area contributed by atoms with E-state index >= 15 is 0 Å². The summed E-state index contributed by atoms with van der Waals surface area (Å²) in [6, 6.07) is 0. The van der Waals surface area contributed by atoms with E-state index < -0.39 is 0 Å². The van der Waals surface area contributed by atoms with Gasteiger partial charge in [0, 0.05) is 0 Å². The molecule has 0 rings (SSSR count). The van der Waals surface area contributed by atoms with Crippen LogP contribution in [-0.2, 0) is 9.59 Å². The molecule has 2 amide bonds. The summed E-state index contributed by atoms with van der Waals surface area (Å²) in [6.45, 7) is 1.86. The lowest BCUT2D eigenvalue weighted by Crippen LogP contribution is -2.40. The highest BCUT2D eigenvalue weighted by molar-refractivity contribution is 5.50. The molecule has 0 unspecified atom stereocenters. The van der Waals surface area contributed by atoms with Crippen molar-refractivity contribution in [3.8, 4) is 0 Å². The maximum absolute atomic E-state index is 9.78. The van der Waals surface area contributed by atoms with Crippen LogP contribution in [0.25, 0.3) is 0 Å². The Bertz CT molecular complexity index is 85.0. The van der Waals surface area contributed by atoms with E-state index in [1.54, 1.807) is 0 Å². The predicted octanol–water partition coefficient (Wildman–Crippen LogP) is -0.786. The molecule has 0 aliphatic heterocycles. The quantitative estimate of drug-likeness (QED) is 0.378. The summed E-state index contributed by atoms with van der Waals surface area (Å²) in [6.07, 6.45) is 1.59. The maximum Gasteiger partial charge on any atom is 0.208 e. The van der Waals surface area contributed by atoms with E-state index in [9.17, 15) is 9.59 Å². The molecule has 0 aromatic carbocycles. The first-order valence-corrected chi connectivity index (χ1v) is 2.74. The second kappa shape index (κ2) is 5.08. The molecule has 4 heteroatoms. The summed E-state index contributed by atoms with van der Waals surface area (Å²) < 4.78 is 0. The van der Waals surface area contributed by atoms with Gasteiger partial charge in [-0.2, -0.15) is 0 Å². The van der Waals surface area contributed by atoms with Gasteiger partial charge >= 0.3 is 0 Å². The molecule has 0 bridgehead atoms. The molecule has 0 heterocycles. The summed E-state index contributed by atoms with van der Waals surface area (Å²) in [5.41, 5.74) is 0. The van der Waals surface area contributed by atoms with Gasteiger partial charge < -0.3 is 10.6 Å². The predicted molar refractivity (Wildman–Crippen MR) is 32.5 cm³/mol. The Labute approximate surface area is 53.6 Å². The normalized spacial score (nSPS) is 8.67. The Balaban J connectivity index is 3.39. The molecule has 0 radical (unpaired) electrons. The summed E-state index contributed by atoms with van der Waals surface area (Å²) in [5, 5.41) is 4.82. The molecule has 0 aliphatic carbocycles. The topological polar surface area (TPSA) is 58.2 Å². The van der Waals surface area contributed by atoms with Crippen molar-refractivity contribution in [3.05, 3.63) is 0 Å². The van der Waals surface area contributed by atoms with Gasteiger partial charge in [0.1, 0.15) is 6.17 Å². The number of nitrogens with one attached hydrogen (secondary N) is 2. The highest BCUT2D eigenvalue weighted by Gasteiger charge is 1.98. The highest BCUT2D eigenvalue weighted by atomic mass is 16.1. The van der Waals surface area contributed by atoms with Crippen LogP contribution in [0, 0.1) is 0 Å².